The van der Waals surface area contributed by atoms with E-state index in [1.807, 2.05) is 25.1 Å². The van der Waals surface area contributed by atoms with Crippen LogP contribution in [0.5, 0.6) is 0 Å². The maximum absolute atomic E-state index is 11.8. The van der Waals surface area contributed by atoms with Crippen LogP contribution in [-0.4, -0.2) is 37.6 Å². The Morgan fingerprint density at radius 1 is 1.30 bits per heavy atom. The number of nitrogens with two attached hydrogens (primary N) is 1. The van der Waals surface area contributed by atoms with Gasteiger partial charge in [-0.25, -0.2) is 4.79 Å². The minimum atomic E-state index is -1.44. The van der Waals surface area contributed by atoms with Crippen LogP contribution in [0.25, 0.3) is 0 Å². The van der Waals surface area contributed by atoms with Gasteiger partial charge in [0, 0.05) is 30.1 Å². The van der Waals surface area contributed by atoms with Crippen molar-refractivity contribution < 1.29 is 9.53 Å². The molecule has 6 nitrogen and oxygen atoms in total. The van der Waals surface area contributed by atoms with Crippen molar-refractivity contribution in [1.82, 2.24) is 4.90 Å². The van der Waals surface area contributed by atoms with Gasteiger partial charge in [0.2, 0.25) is 5.41 Å². The van der Waals surface area contributed by atoms with Crippen molar-refractivity contribution in [1.29, 1.82) is 10.5 Å². The molecule has 2 atom stereocenters. The second-order valence-corrected chi connectivity index (χ2v) is 8.39. The van der Waals surface area contributed by atoms with Crippen LogP contribution in [0.15, 0.2) is 47.2 Å². The van der Waals surface area contributed by atoms with Gasteiger partial charge in [0.15, 0.2) is 0 Å². The highest BCUT2D eigenvalue weighted by atomic mass is 16.5. The van der Waals surface area contributed by atoms with Crippen LogP contribution >= 0.6 is 0 Å². The van der Waals surface area contributed by atoms with Crippen molar-refractivity contribution >= 4 is 5.97 Å². The second-order valence-electron chi connectivity index (χ2n) is 8.39. The van der Waals surface area contributed by atoms with Gasteiger partial charge in [0.05, 0.1) is 24.8 Å². The minimum absolute atomic E-state index is 0.107. The Labute approximate surface area is 178 Å². The van der Waals surface area contributed by atoms with Gasteiger partial charge in [-0.15, -0.1) is 0 Å². The van der Waals surface area contributed by atoms with Gasteiger partial charge >= 0.3 is 5.97 Å². The van der Waals surface area contributed by atoms with Crippen LogP contribution in [0, 0.1) is 33.5 Å². The van der Waals surface area contributed by atoms with E-state index in [9.17, 15) is 15.3 Å². The summed E-state index contributed by atoms with van der Waals surface area (Å²) in [7, 11) is 1.36. The number of hydrogen-bond donors (Lipinski definition) is 1. The van der Waals surface area contributed by atoms with Gasteiger partial charge in [0.1, 0.15) is 0 Å². The van der Waals surface area contributed by atoms with E-state index in [0.29, 0.717) is 17.8 Å². The van der Waals surface area contributed by atoms with Crippen molar-refractivity contribution in [2.75, 3.05) is 26.7 Å². The molecule has 6 heteroatoms. The number of ether oxygens (including phenoxy) is 1. The van der Waals surface area contributed by atoms with Gasteiger partial charge in [-0.05, 0) is 48.7 Å². The molecule has 1 aliphatic carbocycles. The largest absolute Gasteiger partial charge is 0.465 e. The summed E-state index contributed by atoms with van der Waals surface area (Å²) >= 11 is 0. The molecule has 0 saturated heterocycles. The van der Waals surface area contributed by atoms with Crippen molar-refractivity contribution in [3.8, 4) is 12.1 Å². The number of methoxy groups -OCH3 is 1. The zero-order valence-corrected chi connectivity index (χ0v) is 18.0. The fraction of sp³-hybridized carbons (Fsp3) is 0.458. The number of esters is 1. The van der Waals surface area contributed by atoms with E-state index in [2.05, 4.69) is 30.9 Å². The average Bonchev–Trinajstić information content (AvgIpc) is 2.75. The molecule has 0 spiro atoms. The summed E-state index contributed by atoms with van der Waals surface area (Å²) in [5, 5.41) is 20.1. The van der Waals surface area contributed by atoms with Crippen molar-refractivity contribution in [3.05, 3.63) is 58.3 Å². The lowest BCUT2D eigenvalue weighted by molar-refractivity contribution is 0.0600. The fourth-order valence-corrected chi connectivity index (χ4v) is 5.27. The zero-order chi connectivity index (χ0) is 22.1. The second kappa shape index (κ2) is 7.97. The highest BCUT2D eigenvalue weighted by Gasteiger charge is 2.57. The molecule has 0 bridgehead atoms. The zero-order valence-electron chi connectivity index (χ0n) is 18.0. The molecular weight excluding hydrogens is 376 g/mol. The van der Waals surface area contributed by atoms with E-state index in [-0.39, 0.29) is 11.9 Å². The van der Waals surface area contributed by atoms with Crippen LogP contribution in [-0.2, 0) is 4.74 Å². The topological polar surface area (TPSA) is 103 Å². The summed E-state index contributed by atoms with van der Waals surface area (Å²) in [6.45, 7) is 8.55. The van der Waals surface area contributed by atoms with Crippen LogP contribution in [0.4, 0.5) is 0 Å². The molecule has 1 heterocycles. The lowest BCUT2D eigenvalue weighted by atomic mass is 9.52. The van der Waals surface area contributed by atoms with E-state index in [1.54, 1.807) is 12.1 Å². The van der Waals surface area contributed by atoms with Crippen molar-refractivity contribution in [2.24, 2.45) is 16.6 Å². The molecule has 156 valence electrons. The summed E-state index contributed by atoms with van der Waals surface area (Å²) in [6, 6.07) is 11.8. The van der Waals surface area contributed by atoms with E-state index >= 15 is 0 Å². The predicted molar refractivity (Wildman–Crippen MR) is 114 cm³/mol. The molecule has 1 aromatic carbocycles. The summed E-state index contributed by atoms with van der Waals surface area (Å²) < 4.78 is 4.81. The van der Waals surface area contributed by atoms with Crippen molar-refractivity contribution in [3.63, 3.8) is 0 Å². The number of benzene rings is 1. The van der Waals surface area contributed by atoms with Crippen LogP contribution in [0.1, 0.15) is 49.0 Å². The maximum Gasteiger partial charge on any atom is 0.337 e. The third kappa shape index (κ3) is 3.09. The Kier molecular flexibility index (Phi) is 5.74. The summed E-state index contributed by atoms with van der Waals surface area (Å²) in [5.74, 6) is -0.492. The van der Waals surface area contributed by atoms with Gasteiger partial charge < -0.3 is 10.5 Å². The van der Waals surface area contributed by atoms with Crippen LogP contribution < -0.4 is 5.73 Å². The molecule has 1 aromatic rings. The number of hydrogen-bond acceptors (Lipinski definition) is 6. The first-order valence-electron chi connectivity index (χ1n) is 10.2. The standard InChI is InChI=1S/C24H28N4O2/c1-5-11-28-12-10-19-23(3,15-28)20(16(2)21(27)24(19,13-25)14-26)17-6-8-18(9-7-17)22(29)30-4/h6-10,20H,5,11-12,15,27H2,1-4H3. The summed E-state index contributed by atoms with van der Waals surface area (Å²) in [6.07, 6.45) is 3.05. The molecule has 2 unspecified atom stereocenters. The molecule has 1 aliphatic heterocycles. The van der Waals surface area contributed by atoms with Crippen molar-refractivity contribution in [2.45, 2.75) is 33.1 Å². The summed E-state index contributed by atoms with van der Waals surface area (Å²) in [4.78, 5) is 14.2. The molecule has 2 N–H and O–H groups in total. The SMILES string of the molecule is CCCN1CC=C2C(C#N)(C#N)C(N)=C(C)C(c3ccc(C(=O)OC)cc3)C2(C)C1. The molecule has 0 fully saturated rings. The smallest absolute Gasteiger partial charge is 0.337 e. The van der Waals surface area contributed by atoms with E-state index < -0.39 is 10.8 Å². The lowest BCUT2D eigenvalue weighted by Crippen LogP contribution is -2.53. The molecule has 0 aromatic heterocycles. The van der Waals surface area contributed by atoms with Gasteiger partial charge in [-0.2, -0.15) is 10.5 Å². The Hall–Kier alpha value is -3.09. The third-order valence-corrected chi connectivity index (χ3v) is 6.56. The predicted octanol–water partition coefficient (Wildman–Crippen LogP) is 3.49. The number of carbonyl (C=O) groups excluding carboxylic acids is 1. The Morgan fingerprint density at radius 3 is 2.47 bits per heavy atom. The number of rotatable bonds is 4. The molecule has 3 rings (SSSR count). The summed E-state index contributed by atoms with van der Waals surface area (Å²) in [5.41, 5.74) is 7.98. The molecule has 2 aliphatic rings. The van der Waals surface area contributed by atoms with E-state index in [4.69, 9.17) is 10.5 Å². The first kappa shape index (κ1) is 21.6. The molecule has 0 amide bonds. The first-order valence-corrected chi connectivity index (χ1v) is 10.2. The van der Waals surface area contributed by atoms with E-state index in [1.165, 1.54) is 7.11 Å². The normalized spacial score (nSPS) is 25.5. The fourth-order valence-electron chi connectivity index (χ4n) is 5.27. The number of nitrogens with zero attached hydrogens (tertiary/aromatic N) is 3. The van der Waals surface area contributed by atoms with Crippen LogP contribution in [0.3, 0.4) is 0 Å². The quantitative estimate of drug-likeness (QED) is 0.608. The maximum atomic E-state index is 11.8. The third-order valence-electron chi connectivity index (χ3n) is 6.56. The van der Waals surface area contributed by atoms with Gasteiger partial charge in [-0.3, -0.25) is 4.90 Å². The number of allylic oxidation sites excluding steroid dienone is 2. The highest BCUT2D eigenvalue weighted by Crippen LogP contribution is 2.59. The Bertz CT molecular complexity index is 980. The molecular formula is C24H28N4O2. The Morgan fingerprint density at radius 2 is 1.93 bits per heavy atom. The monoisotopic (exact) mass is 404 g/mol. The van der Waals surface area contributed by atoms with Crippen LogP contribution in [0.2, 0.25) is 0 Å². The highest BCUT2D eigenvalue weighted by molar-refractivity contribution is 5.89. The van der Waals surface area contributed by atoms with E-state index in [0.717, 1.165) is 36.2 Å². The number of fused-ring (bicyclic) bond motifs is 1. The molecule has 0 saturated carbocycles. The minimum Gasteiger partial charge on any atom is -0.465 e. The van der Waals surface area contributed by atoms with Gasteiger partial charge in [0.25, 0.3) is 0 Å². The number of nitriles is 2. The van der Waals surface area contributed by atoms with Gasteiger partial charge in [-0.1, -0.05) is 32.1 Å². The molecule has 30 heavy (non-hydrogen) atoms. The molecule has 0 radical (unpaired) electrons. The average molecular weight is 405 g/mol. The number of carbonyl (C=O) groups is 1. The first-order chi connectivity index (χ1) is 14.3. The lowest BCUT2D eigenvalue weighted by Gasteiger charge is -2.53. The Balaban J connectivity index is 2.21.